The number of nitrogens with zero attached hydrogens (tertiary/aromatic N) is 1. The summed E-state index contributed by atoms with van der Waals surface area (Å²) in [5.41, 5.74) is 7.49. The Balaban J connectivity index is 1.48. The van der Waals surface area contributed by atoms with E-state index >= 15 is 0 Å². The minimum Gasteiger partial charge on any atom is -0.436 e. The van der Waals surface area contributed by atoms with Gasteiger partial charge in [0.15, 0.2) is 5.58 Å². The molecule has 0 amide bonds. The van der Waals surface area contributed by atoms with Crippen molar-refractivity contribution in [2.45, 2.75) is 0 Å². The monoisotopic (exact) mass is 347 g/mol. The highest BCUT2D eigenvalue weighted by atomic mass is 16.3. The molecule has 4 aromatic carbocycles. The summed E-state index contributed by atoms with van der Waals surface area (Å²) in [6, 6.07) is 35.3. The van der Waals surface area contributed by atoms with E-state index in [2.05, 4.69) is 77.8 Å². The van der Waals surface area contributed by atoms with Crippen molar-refractivity contribution in [1.82, 2.24) is 4.98 Å². The maximum atomic E-state index is 5.87. The van der Waals surface area contributed by atoms with Crippen molar-refractivity contribution in [2.24, 2.45) is 0 Å². The van der Waals surface area contributed by atoms with E-state index in [0.29, 0.717) is 5.89 Å². The molecule has 1 aromatic heterocycles. The summed E-state index contributed by atoms with van der Waals surface area (Å²) < 4.78 is 5.87. The van der Waals surface area contributed by atoms with Crippen LogP contribution in [0.4, 0.5) is 0 Å². The van der Waals surface area contributed by atoms with Crippen molar-refractivity contribution in [1.29, 1.82) is 0 Å². The van der Waals surface area contributed by atoms with Gasteiger partial charge in [0, 0.05) is 5.56 Å². The number of aromatic nitrogens is 1. The molecule has 0 spiro atoms. The van der Waals surface area contributed by atoms with Gasteiger partial charge in [0.05, 0.1) is 0 Å². The predicted octanol–water partition coefficient (Wildman–Crippen LogP) is 6.83. The van der Waals surface area contributed by atoms with Gasteiger partial charge in [0.25, 0.3) is 0 Å². The highest BCUT2D eigenvalue weighted by molar-refractivity contribution is 5.77. The van der Waals surface area contributed by atoms with E-state index in [1.165, 1.54) is 22.3 Å². The maximum absolute atomic E-state index is 5.87. The van der Waals surface area contributed by atoms with Crippen LogP contribution in [-0.4, -0.2) is 4.98 Å². The third-order valence-corrected chi connectivity index (χ3v) is 4.73. The molecule has 128 valence electrons. The second kappa shape index (κ2) is 6.58. The van der Waals surface area contributed by atoms with Crippen molar-refractivity contribution in [3.8, 4) is 33.7 Å². The molecule has 27 heavy (non-hydrogen) atoms. The van der Waals surface area contributed by atoms with Gasteiger partial charge in [-0.25, -0.2) is 4.98 Å². The van der Waals surface area contributed by atoms with E-state index in [4.69, 9.17) is 4.42 Å². The molecule has 2 nitrogen and oxygen atoms in total. The number of benzene rings is 4. The summed E-state index contributed by atoms with van der Waals surface area (Å²) in [7, 11) is 0. The Hall–Kier alpha value is -3.65. The van der Waals surface area contributed by atoms with Gasteiger partial charge in [0.2, 0.25) is 5.89 Å². The number of fused-ring (bicyclic) bond motifs is 1. The molecule has 0 saturated carbocycles. The molecular formula is C25H17NO. The van der Waals surface area contributed by atoms with Gasteiger partial charge in [-0.15, -0.1) is 0 Å². The fourth-order valence-electron chi connectivity index (χ4n) is 3.31. The first-order valence-corrected chi connectivity index (χ1v) is 8.99. The topological polar surface area (TPSA) is 26.0 Å². The minimum atomic E-state index is 0.654. The third-order valence-electron chi connectivity index (χ3n) is 4.73. The summed E-state index contributed by atoms with van der Waals surface area (Å²) in [4.78, 5) is 4.57. The molecule has 0 aliphatic heterocycles. The van der Waals surface area contributed by atoms with Crippen LogP contribution in [0.2, 0.25) is 0 Å². The quantitative estimate of drug-likeness (QED) is 0.357. The lowest BCUT2D eigenvalue weighted by atomic mass is 9.98. The van der Waals surface area contributed by atoms with Crippen LogP contribution in [0, 0.1) is 0 Å². The number of oxazole rings is 1. The molecule has 0 atom stereocenters. The first-order chi connectivity index (χ1) is 13.4. The summed E-state index contributed by atoms with van der Waals surface area (Å²) >= 11 is 0. The molecule has 0 fully saturated rings. The highest BCUT2D eigenvalue weighted by Gasteiger charge is 2.08. The molecule has 5 rings (SSSR count). The Labute approximate surface area is 157 Å². The van der Waals surface area contributed by atoms with E-state index in [9.17, 15) is 0 Å². The summed E-state index contributed by atoms with van der Waals surface area (Å²) in [6.07, 6.45) is 0. The number of hydrogen-bond donors (Lipinski definition) is 0. The first kappa shape index (κ1) is 15.6. The van der Waals surface area contributed by atoms with Gasteiger partial charge in [-0.3, -0.25) is 0 Å². The standard InChI is InChI=1S/C25H17NO/c1-2-7-18(8-3-1)21-9-6-10-22(17-21)19-13-15-20(16-14-19)25-26-23-11-4-5-12-24(23)27-25/h1-17H. The Kier molecular flexibility index (Phi) is 3.80. The molecule has 1 heterocycles. The molecule has 0 bridgehead atoms. The second-order valence-corrected chi connectivity index (χ2v) is 6.51. The van der Waals surface area contributed by atoms with Crippen LogP contribution in [0.15, 0.2) is 108 Å². The van der Waals surface area contributed by atoms with Crippen LogP contribution in [-0.2, 0) is 0 Å². The van der Waals surface area contributed by atoms with Crippen LogP contribution >= 0.6 is 0 Å². The Morgan fingerprint density at radius 3 is 1.81 bits per heavy atom. The molecule has 5 aromatic rings. The lowest BCUT2D eigenvalue weighted by molar-refractivity contribution is 0.620. The lowest BCUT2D eigenvalue weighted by Crippen LogP contribution is -1.82. The minimum absolute atomic E-state index is 0.654. The number of rotatable bonds is 3. The van der Waals surface area contributed by atoms with E-state index in [1.807, 2.05) is 30.3 Å². The summed E-state index contributed by atoms with van der Waals surface area (Å²) in [5, 5.41) is 0. The predicted molar refractivity (Wildman–Crippen MR) is 110 cm³/mol. The van der Waals surface area contributed by atoms with E-state index in [-0.39, 0.29) is 0 Å². The smallest absolute Gasteiger partial charge is 0.227 e. The Morgan fingerprint density at radius 1 is 0.481 bits per heavy atom. The lowest BCUT2D eigenvalue weighted by Gasteiger charge is -2.06. The van der Waals surface area contributed by atoms with Gasteiger partial charge < -0.3 is 4.42 Å². The van der Waals surface area contributed by atoms with Crippen molar-refractivity contribution < 1.29 is 4.42 Å². The third kappa shape index (κ3) is 3.02. The number of hydrogen-bond acceptors (Lipinski definition) is 2. The van der Waals surface area contributed by atoms with Gasteiger partial charge in [-0.2, -0.15) is 0 Å². The average Bonchev–Trinajstić information content (AvgIpc) is 3.19. The fraction of sp³-hybridized carbons (Fsp3) is 0. The Morgan fingerprint density at radius 2 is 1.07 bits per heavy atom. The van der Waals surface area contributed by atoms with Crippen molar-refractivity contribution >= 4 is 11.1 Å². The molecule has 0 saturated heterocycles. The van der Waals surface area contributed by atoms with Crippen molar-refractivity contribution in [3.63, 3.8) is 0 Å². The van der Waals surface area contributed by atoms with Gasteiger partial charge in [-0.05, 0) is 52.6 Å². The summed E-state index contributed by atoms with van der Waals surface area (Å²) in [6.45, 7) is 0. The van der Waals surface area contributed by atoms with E-state index < -0.39 is 0 Å². The Bertz CT molecular complexity index is 1170. The fourth-order valence-corrected chi connectivity index (χ4v) is 3.31. The molecule has 0 unspecified atom stereocenters. The average molecular weight is 347 g/mol. The van der Waals surface area contributed by atoms with E-state index in [0.717, 1.165) is 16.7 Å². The van der Waals surface area contributed by atoms with Crippen molar-refractivity contribution in [3.05, 3.63) is 103 Å². The maximum Gasteiger partial charge on any atom is 0.227 e. The zero-order chi connectivity index (χ0) is 18.1. The SMILES string of the molecule is c1ccc(-c2cccc(-c3ccc(-c4nc5ccccc5o4)cc3)c2)cc1. The zero-order valence-electron chi connectivity index (χ0n) is 14.7. The van der Waals surface area contributed by atoms with Crippen LogP contribution in [0.3, 0.4) is 0 Å². The molecule has 0 N–H and O–H groups in total. The zero-order valence-corrected chi connectivity index (χ0v) is 14.7. The normalized spacial score (nSPS) is 11.0. The molecule has 2 heteroatoms. The van der Waals surface area contributed by atoms with Crippen molar-refractivity contribution in [2.75, 3.05) is 0 Å². The van der Waals surface area contributed by atoms with Gasteiger partial charge >= 0.3 is 0 Å². The second-order valence-electron chi connectivity index (χ2n) is 6.51. The molecule has 0 aliphatic carbocycles. The first-order valence-electron chi connectivity index (χ1n) is 8.99. The molecular weight excluding hydrogens is 330 g/mol. The molecule has 0 aliphatic rings. The van der Waals surface area contributed by atoms with Crippen LogP contribution in [0.1, 0.15) is 0 Å². The summed E-state index contributed by atoms with van der Waals surface area (Å²) in [5.74, 6) is 0.654. The molecule has 0 radical (unpaired) electrons. The number of para-hydroxylation sites is 2. The van der Waals surface area contributed by atoms with Crippen LogP contribution in [0.25, 0.3) is 44.8 Å². The highest BCUT2D eigenvalue weighted by Crippen LogP contribution is 2.29. The van der Waals surface area contributed by atoms with Crippen LogP contribution in [0.5, 0.6) is 0 Å². The van der Waals surface area contributed by atoms with Crippen LogP contribution < -0.4 is 0 Å². The van der Waals surface area contributed by atoms with E-state index in [1.54, 1.807) is 0 Å². The van der Waals surface area contributed by atoms with Gasteiger partial charge in [0.1, 0.15) is 5.52 Å². The largest absolute Gasteiger partial charge is 0.436 e. The van der Waals surface area contributed by atoms with Gasteiger partial charge in [-0.1, -0.05) is 72.8 Å².